The highest BCUT2D eigenvalue weighted by Gasteiger charge is 2.47. The number of amides is 1. The summed E-state index contributed by atoms with van der Waals surface area (Å²) in [6, 6.07) is 9.97. The number of aliphatic hydroxyl groups is 3. The lowest BCUT2D eigenvalue weighted by Gasteiger charge is -2.25. The summed E-state index contributed by atoms with van der Waals surface area (Å²) in [5.41, 5.74) is 2.53. The molecule has 5 nitrogen and oxygen atoms in total. The van der Waals surface area contributed by atoms with E-state index < -0.39 is 12.2 Å². The first-order valence-corrected chi connectivity index (χ1v) is 11.5. The second-order valence-corrected chi connectivity index (χ2v) is 9.37. The summed E-state index contributed by atoms with van der Waals surface area (Å²) in [7, 11) is 3.57. The molecule has 5 atom stereocenters. The van der Waals surface area contributed by atoms with Crippen molar-refractivity contribution in [2.45, 2.75) is 63.6 Å². The molecule has 1 amide bonds. The first-order valence-electron chi connectivity index (χ1n) is 11.5. The van der Waals surface area contributed by atoms with Gasteiger partial charge in [0, 0.05) is 32.9 Å². The molecule has 0 spiro atoms. The molecule has 5 heteroatoms. The highest BCUT2D eigenvalue weighted by Crippen LogP contribution is 2.49. The molecule has 2 aliphatic carbocycles. The van der Waals surface area contributed by atoms with Gasteiger partial charge in [-0.25, -0.2) is 0 Å². The van der Waals surface area contributed by atoms with Crippen molar-refractivity contribution in [3.63, 3.8) is 0 Å². The average molecular weight is 428 g/mol. The minimum atomic E-state index is -0.841. The largest absolute Gasteiger partial charge is 0.513 e. The fourth-order valence-electron chi connectivity index (χ4n) is 5.16. The van der Waals surface area contributed by atoms with Gasteiger partial charge >= 0.3 is 0 Å². The summed E-state index contributed by atoms with van der Waals surface area (Å²) in [6.07, 6.45) is 8.63. The van der Waals surface area contributed by atoms with E-state index >= 15 is 0 Å². The van der Waals surface area contributed by atoms with E-state index in [9.17, 15) is 20.1 Å². The molecule has 0 saturated heterocycles. The predicted octanol–water partition coefficient (Wildman–Crippen LogP) is 4.01. The summed E-state index contributed by atoms with van der Waals surface area (Å²) < 4.78 is 0. The van der Waals surface area contributed by atoms with Crippen LogP contribution >= 0.6 is 0 Å². The van der Waals surface area contributed by atoms with Crippen molar-refractivity contribution in [2.24, 2.45) is 17.8 Å². The zero-order chi connectivity index (χ0) is 22.4. The van der Waals surface area contributed by atoms with Crippen LogP contribution in [0.2, 0.25) is 0 Å². The quantitative estimate of drug-likeness (QED) is 0.299. The Balaban J connectivity index is 1.48. The molecule has 1 unspecified atom stereocenters. The summed E-state index contributed by atoms with van der Waals surface area (Å²) in [4.78, 5) is 13.3. The fraction of sp³-hybridized carbons (Fsp3) is 0.577. The van der Waals surface area contributed by atoms with E-state index in [4.69, 9.17) is 0 Å². The standard InChI is InChI=1S/C26H37NO4/c1-27(2)25(31)11-7-6-10-19-14-20-16-23(29)26(22(20)15-19)24(30)17-21(28)13-12-18-8-4-3-5-9-18/h3-5,8-9,14,17,20,22-24,26,28-30H,6-7,10-13,15-16H2,1-2H3/t20-,22+,23-,24?,26-/m1/s1. The highest BCUT2D eigenvalue weighted by atomic mass is 16.3. The Morgan fingerprint density at radius 2 is 1.90 bits per heavy atom. The van der Waals surface area contributed by atoms with Gasteiger partial charge in [-0.3, -0.25) is 4.79 Å². The zero-order valence-corrected chi connectivity index (χ0v) is 18.8. The zero-order valence-electron chi connectivity index (χ0n) is 18.8. The van der Waals surface area contributed by atoms with Gasteiger partial charge in [-0.2, -0.15) is 0 Å². The number of unbranched alkanes of at least 4 members (excludes halogenated alkanes) is 1. The van der Waals surface area contributed by atoms with Crippen LogP contribution in [0.25, 0.3) is 0 Å². The van der Waals surface area contributed by atoms with E-state index in [0.29, 0.717) is 25.2 Å². The molecule has 3 N–H and O–H groups in total. The van der Waals surface area contributed by atoms with Crippen LogP contribution in [0, 0.1) is 17.8 Å². The van der Waals surface area contributed by atoms with Crippen LogP contribution in [0.5, 0.6) is 0 Å². The van der Waals surface area contributed by atoms with E-state index in [1.807, 2.05) is 30.3 Å². The molecule has 0 heterocycles. The summed E-state index contributed by atoms with van der Waals surface area (Å²) >= 11 is 0. The van der Waals surface area contributed by atoms with Gasteiger partial charge in [-0.1, -0.05) is 42.0 Å². The van der Waals surface area contributed by atoms with Crippen LogP contribution in [0.3, 0.4) is 0 Å². The van der Waals surface area contributed by atoms with E-state index in [-0.39, 0.29) is 23.5 Å². The van der Waals surface area contributed by atoms with Crippen molar-refractivity contribution in [1.82, 2.24) is 4.90 Å². The van der Waals surface area contributed by atoms with Crippen molar-refractivity contribution in [3.05, 3.63) is 59.4 Å². The second kappa shape index (κ2) is 11.0. The number of aliphatic hydroxyl groups excluding tert-OH is 3. The van der Waals surface area contributed by atoms with Crippen LogP contribution in [0.1, 0.15) is 50.5 Å². The van der Waals surface area contributed by atoms with Gasteiger partial charge in [0.15, 0.2) is 0 Å². The predicted molar refractivity (Wildman–Crippen MR) is 122 cm³/mol. The summed E-state index contributed by atoms with van der Waals surface area (Å²) in [6.45, 7) is 0. The molecule has 2 aliphatic rings. The van der Waals surface area contributed by atoms with Crippen LogP contribution in [-0.2, 0) is 11.2 Å². The number of fused-ring (bicyclic) bond motifs is 1. The van der Waals surface area contributed by atoms with Crippen molar-refractivity contribution >= 4 is 5.91 Å². The number of aryl methyl sites for hydroxylation is 1. The third kappa shape index (κ3) is 6.44. The highest BCUT2D eigenvalue weighted by molar-refractivity contribution is 5.75. The molecule has 0 radical (unpaired) electrons. The third-order valence-electron chi connectivity index (χ3n) is 6.86. The molecular weight excluding hydrogens is 390 g/mol. The number of rotatable bonds is 10. The molecule has 1 fully saturated rings. The number of hydrogen-bond donors (Lipinski definition) is 3. The normalized spacial score (nSPS) is 26.5. The molecule has 0 aromatic heterocycles. The van der Waals surface area contributed by atoms with Crippen LogP contribution in [0.4, 0.5) is 0 Å². The Morgan fingerprint density at radius 3 is 2.61 bits per heavy atom. The lowest BCUT2D eigenvalue weighted by Crippen LogP contribution is -2.31. The number of allylic oxidation sites excluding steroid dienone is 3. The molecular formula is C26H37NO4. The Kier molecular flexibility index (Phi) is 8.33. The molecule has 170 valence electrons. The third-order valence-corrected chi connectivity index (χ3v) is 6.86. The van der Waals surface area contributed by atoms with Gasteiger partial charge in [-0.15, -0.1) is 0 Å². The van der Waals surface area contributed by atoms with Crippen LogP contribution in [-0.4, -0.2) is 52.4 Å². The van der Waals surface area contributed by atoms with Gasteiger partial charge in [0.1, 0.15) is 0 Å². The maximum absolute atomic E-state index is 11.7. The van der Waals surface area contributed by atoms with E-state index in [1.165, 1.54) is 11.6 Å². The Hall–Kier alpha value is -2.11. The minimum absolute atomic E-state index is 0.169. The molecule has 3 rings (SSSR count). The molecule has 0 aliphatic heterocycles. The second-order valence-electron chi connectivity index (χ2n) is 9.37. The van der Waals surface area contributed by atoms with E-state index in [2.05, 4.69) is 6.08 Å². The summed E-state index contributed by atoms with van der Waals surface area (Å²) in [5.74, 6) is 0.633. The maximum atomic E-state index is 11.7. The number of carbonyl (C=O) groups excluding carboxylic acids is 1. The van der Waals surface area contributed by atoms with Crippen molar-refractivity contribution < 1.29 is 20.1 Å². The minimum Gasteiger partial charge on any atom is -0.513 e. The fourth-order valence-corrected chi connectivity index (χ4v) is 5.16. The Labute approximate surface area is 186 Å². The number of nitrogens with zero attached hydrogens (tertiary/aromatic N) is 1. The molecule has 1 aromatic carbocycles. The van der Waals surface area contributed by atoms with Crippen molar-refractivity contribution in [1.29, 1.82) is 0 Å². The summed E-state index contributed by atoms with van der Waals surface area (Å²) in [5, 5.41) is 31.7. The van der Waals surface area contributed by atoms with Crippen LogP contribution < -0.4 is 0 Å². The number of hydrogen-bond acceptors (Lipinski definition) is 4. The van der Waals surface area contributed by atoms with E-state index in [1.54, 1.807) is 19.0 Å². The van der Waals surface area contributed by atoms with Gasteiger partial charge in [-0.05, 0) is 62.0 Å². The first kappa shape index (κ1) is 23.6. The SMILES string of the molecule is CN(C)C(=O)CCCCC1=C[C@@H]2C[C@@H](O)[C@H](C(O)C=C(O)CCc3ccccc3)[C@H]2C1. The van der Waals surface area contributed by atoms with E-state index in [0.717, 1.165) is 37.7 Å². The molecule has 31 heavy (non-hydrogen) atoms. The van der Waals surface area contributed by atoms with Crippen LogP contribution in [0.15, 0.2) is 53.8 Å². The smallest absolute Gasteiger partial charge is 0.222 e. The lowest BCUT2D eigenvalue weighted by atomic mass is 9.84. The topological polar surface area (TPSA) is 81.0 Å². The molecule has 1 aromatic rings. The molecule has 0 bridgehead atoms. The van der Waals surface area contributed by atoms with Gasteiger partial charge in [0.2, 0.25) is 5.91 Å². The maximum Gasteiger partial charge on any atom is 0.222 e. The molecule has 1 saturated carbocycles. The number of benzene rings is 1. The monoisotopic (exact) mass is 427 g/mol. The van der Waals surface area contributed by atoms with Gasteiger partial charge < -0.3 is 20.2 Å². The number of carbonyl (C=O) groups is 1. The van der Waals surface area contributed by atoms with Crippen molar-refractivity contribution in [2.75, 3.05) is 14.1 Å². The first-order chi connectivity index (χ1) is 14.8. The van der Waals surface area contributed by atoms with Crippen molar-refractivity contribution in [3.8, 4) is 0 Å². The Bertz CT molecular complexity index is 786. The lowest BCUT2D eigenvalue weighted by molar-refractivity contribution is -0.128. The average Bonchev–Trinajstić information content (AvgIpc) is 3.25. The van der Waals surface area contributed by atoms with Gasteiger partial charge in [0.05, 0.1) is 18.0 Å². The Morgan fingerprint density at radius 1 is 1.16 bits per heavy atom. The van der Waals surface area contributed by atoms with Gasteiger partial charge in [0.25, 0.3) is 0 Å².